The Morgan fingerprint density at radius 3 is 2.74 bits per heavy atom. The van der Waals surface area contributed by atoms with Gasteiger partial charge in [0.25, 0.3) is 0 Å². The molecule has 0 atom stereocenters. The van der Waals surface area contributed by atoms with Crippen LogP contribution >= 0.6 is 0 Å². The molecule has 0 spiro atoms. The van der Waals surface area contributed by atoms with Crippen molar-refractivity contribution in [3.05, 3.63) is 48.0 Å². The Kier molecular flexibility index (Phi) is 2.91. The maximum Gasteiger partial charge on any atom is 0.336 e. The number of carboxylic acid groups (broad SMARTS) is 1. The lowest BCUT2D eigenvalue weighted by Gasteiger charge is -2.13. The van der Waals surface area contributed by atoms with Gasteiger partial charge in [-0.15, -0.1) is 0 Å². The summed E-state index contributed by atoms with van der Waals surface area (Å²) in [5.74, 6) is -0.128. The molecule has 0 aliphatic heterocycles. The molecule has 0 saturated heterocycles. The molecule has 0 unspecified atom stereocenters. The highest BCUT2D eigenvalue weighted by Crippen LogP contribution is 2.21. The van der Waals surface area contributed by atoms with Gasteiger partial charge in [0.1, 0.15) is 5.82 Å². The van der Waals surface area contributed by atoms with Crippen LogP contribution < -0.4 is 5.32 Å². The van der Waals surface area contributed by atoms with Crippen molar-refractivity contribution >= 4 is 22.7 Å². The first kappa shape index (κ1) is 11.7. The zero-order chi connectivity index (χ0) is 13.2. The van der Waals surface area contributed by atoms with Crippen molar-refractivity contribution in [2.45, 2.75) is 18.9 Å². The minimum atomic E-state index is -0.923. The molecular weight excluding hydrogens is 240 g/mol. The monoisotopic (exact) mass is 254 g/mol. The molecule has 1 aromatic heterocycles. The van der Waals surface area contributed by atoms with Gasteiger partial charge in [0.15, 0.2) is 0 Å². The van der Waals surface area contributed by atoms with Gasteiger partial charge in [-0.05, 0) is 37.1 Å². The molecule has 1 heterocycles. The SMILES string of the molecule is O=C(O)c1cccc2nc(NC3CC=CC3)ccc12. The normalized spacial score (nSPS) is 14.9. The number of nitrogens with zero attached hydrogens (tertiary/aromatic N) is 1. The van der Waals surface area contributed by atoms with Crippen LogP contribution in [0.3, 0.4) is 0 Å². The second-order valence-corrected chi connectivity index (χ2v) is 4.66. The molecule has 2 aromatic rings. The zero-order valence-corrected chi connectivity index (χ0v) is 10.3. The first-order valence-electron chi connectivity index (χ1n) is 6.28. The quantitative estimate of drug-likeness (QED) is 0.826. The fraction of sp³-hybridized carbons (Fsp3) is 0.200. The lowest BCUT2D eigenvalue weighted by molar-refractivity contribution is 0.0699. The lowest BCUT2D eigenvalue weighted by atomic mass is 10.1. The first-order chi connectivity index (χ1) is 9.24. The molecule has 0 bridgehead atoms. The van der Waals surface area contributed by atoms with Crippen LogP contribution in [0.5, 0.6) is 0 Å². The third-order valence-electron chi connectivity index (χ3n) is 3.32. The number of hydrogen-bond acceptors (Lipinski definition) is 3. The number of benzene rings is 1. The number of carboxylic acids is 1. The second-order valence-electron chi connectivity index (χ2n) is 4.66. The van der Waals surface area contributed by atoms with E-state index in [1.807, 2.05) is 18.2 Å². The van der Waals surface area contributed by atoms with Crippen molar-refractivity contribution in [3.8, 4) is 0 Å². The Morgan fingerprint density at radius 1 is 1.21 bits per heavy atom. The predicted octanol–water partition coefficient (Wildman–Crippen LogP) is 3.06. The van der Waals surface area contributed by atoms with E-state index in [2.05, 4.69) is 22.5 Å². The maximum absolute atomic E-state index is 11.1. The van der Waals surface area contributed by atoms with Gasteiger partial charge in [-0.3, -0.25) is 0 Å². The molecule has 96 valence electrons. The highest BCUT2D eigenvalue weighted by molar-refractivity contribution is 6.02. The topological polar surface area (TPSA) is 62.2 Å². The molecule has 0 fully saturated rings. The number of hydrogen-bond donors (Lipinski definition) is 2. The van der Waals surface area contributed by atoms with Crippen LogP contribution in [-0.4, -0.2) is 22.1 Å². The number of anilines is 1. The number of nitrogens with one attached hydrogen (secondary N) is 1. The van der Waals surface area contributed by atoms with Crippen LogP contribution in [-0.2, 0) is 0 Å². The van der Waals surface area contributed by atoms with Gasteiger partial charge in [-0.25, -0.2) is 9.78 Å². The molecule has 0 saturated carbocycles. The molecule has 3 rings (SSSR count). The largest absolute Gasteiger partial charge is 0.478 e. The molecule has 1 aliphatic carbocycles. The van der Waals surface area contributed by atoms with Gasteiger partial charge in [-0.1, -0.05) is 18.2 Å². The Labute approximate surface area is 110 Å². The van der Waals surface area contributed by atoms with Gasteiger partial charge in [0.2, 0.25) is 0 Å². The number of aromatic carboxylic acids is 1. The van der Waals surface area contributed by atoms with Crippen molar-refractivity contribution in [3.63, 3.8) is 0 Å². The van der Waals surface area contributed by atoms with Gasteiger partial charge in [0, 0.05) is 11.4 Å². The molecule has 4 heteroatoms. The second kappa shape index (κ2) is 4.72. The third kappa shape index (κ3) is 2.29. The van der Waals surface area contributed by atoms with Gasteiger partial charge in [-0.2, -0.15) is 0 Å². The van der Waals surface area contributed by atoms with Crippen molar-refractivity contribution in [2.75, 3.05) is 5.32 Å². The number of aromatic nitrogens is 1. The third-order valence-corrected chi connectivity index (χ3v) is 3.32. The summed E-state index contributed by atoms with van der Waals surface area (Å²) in [5, 5.41) is 13.2. The summed E-state index contributed by atoms with van der Waals surface area (Å²) in [6.45, 7) is 0. The Morgan fingerprint density at radius 2 is 2.00 bits per heavy atom. The summed E-state index contributed by atoms with van der Waals surface area (Å²) in [4.78, 5) is 15.6. The fourth-order valence-corrected chi connectivity index (χ4v) is 2.37. The highest BCUT2D eigenvalue weighted by Gasteiger charge is 2.12. The summed E-state index contributed by atoms with van der Waals surface area (Å²) in [7, 11) is 0. The molecule has 1 aromatic carbocycles. The summed E-state index contributed by atoms with van der Waals surface area (Å²) in [5.41, 5.74) is 0.995. The van der Waals surface area contributed by atoms with Crippen LogP contribution in [0, 0.1) is 0 Å². The molecule has 0 radical (unpaired) electrons. The van der Waals surface area contributed by atoms with E-state index < -0.39 is 5.97 Å². The predicted molar refractivity (Wildman–Crippen MR) is 74.5 cm³/mol. The molecule has 0 amide bonds. The van der Waals surface area contributed by atoms with E-state index in [1.54, 1.807) is 12.1 Å². The maximum atomic E-state index is 11.1. The number of carbonyl (C=O) groups is 1. The molecule has 19 heavy (non-hydrogen) atoms. The number of rotatable bonds is 3. The Hall–Kier alpha value is -2.36. The highest BCUT2D eigenvalue weighted by atomic mass is 16.4. The van der Waals surface area contributed by atoms with Crippen LogP contribution in [0.25, 0.3) is 10.9 Å². The van der Waals surface area contributed by atoms with E-state index in [4.69, 9.17) is 5.11 Å². The van der Waals surface area contributed by atoms with E-state index >= 15 is 0 Å². The van der Waals surface area contributed by atoms with Crippen molar-refractivity contribution in [1.82, 2.24) is 4.98 Å². The lowest BCUT2D eigenvalue weighted by Crippen LogP contribution is -2.15. The fourth-order valence-electron chi connectivity index (χ4n) is 2.37. The molecule has 2 N–H and O–H groups in total. The van der Waals surface area contributed by atoms with Crippen LogP contribution in [0.15, 0.2) is 42.5 Å². The van der Waals surface area contributed by atoms with Crippen molar-refractivity contribution < 1.29 is 9.90 Å². The standard InChI is InChI=1S/C15H14N2O2/c18-15(19)12-6-3-7-13-11(12)8-9-14(17-13)16-10-4-1-2-5-10/h1-3,6-10H,4-5H2,(H,16,17)(H,18,19). The van der Waals surface area contributed by atoms with E-state index in [9.17, 15) is 4.79 Å². The Bertz CT molecular complexity index is 656. The minimum Gasteiger partial charge on any atom is -0.478 e. The zero-order valence-electron chi connectivity index (χ0n) is 10.3. The average molecular weight is 254 g/mol. The minimum absolute atomic E-state index is 0.291. The van der Waals surface area contributed by atoms with E-state index in [0.29, 0.717) is 22.5 Å². The average Bonchev–Trinajstić information content (AvgIpc) is 2.90. The number of fused-ring (bicyclic) bond motifs is 1. The van der Waals surface area contributed by atoms with E-state index in [1.165, 1.54) is 0 Å². The first-order valence-corrected chi connectivity index (χ1v) is 6.28. The van der Waals surface area contributed by atoms with E-state index in [0.717, 1.165) is 18.7 Å². The van der Waals surface area contributed by atoms with Crippen molar-refractivity contribution in [2.24, 2.45) is 0 Å². The van der Waals surface area contributed by atoms with Crippen LogP contribution in [0.1, 0.15) is 23.2 Å². The van der Waals surface area contributed by atoms with Crippen molar-refractivity contribution in [1.29, 1.82) is 0 Å². The molecule has 1 aliphatic rings. The van der Waals surface area contributed by atoms with Gasteiger partial charge in [0.05, 0.1) is 11.1 Å². The van der Waals surface area contributed by atoms with E-state index in [-0.39, 0.29) is 0 Å². The smallest absolute Gasteiger partial charge is 0.336 e. The van der Waals surface area contributed by atoms with Crippen LogP contribution in [0.2, 0.25) is 0 Å². The van der Waals surface area contributed by atoms with Gasteiger partial charge < -0.3 is 10.4 Å². The summed E-state index contributed by atoms with van der Waals surface area (Å²) >= 11 is 0. The number of pyridine rings is 1. The summed E-state index contributed by atoms with van der Waals surface area (Å²) in [6.07, 6.45) is 6.33. The molecule has 4 nitrogen and oxygen atoms in total. The Balaban J connectivity index is 1.95. The molecular formula is C15H14N2O2. The van der Waals surface area contributed by atoms with Gasteiger partial charge >= 0.3 is 5.97 Å². The van der Waals surface area contributed by atoms with Crippen LogP contribution in [0.4, 0.5) is 5.82 Å². The summed E-state index contributed by atoms with van der Waals surface area (Å²) < 4.78 is 0. The summed E-state index contributed by atoms with van der Waals surface area (Å²) in [6, 6.07) is 9.20.